The Kier molecular flexibility index (Phi) is 8.16. The number of aryl methyl sites for hydroxylation is 2. The molecule has 10 heteroatoms. The van der Waals surface area contributed by atoms with Gasteiger partial charge in [-0.1, -0.05) is 12.1 Å². The summed E-state index contributed by atoms with van der Waals surface area (Å²) < 4.78 is 40.3. The zero-order valence-electron chi connectivity index (χ0n) is 18.5. The molecule has 1 aromatic carbocycles. The highest BCUT2D eigenvalue weighted by molar-refractivity contribution is 7.89. The van der Waals surface area contributed by atoms with Crippen LogP contribution in [-0.4, -0.2) is 67.1 Å². The van der Waals surface area contributed by atoms with Gasteiger partial charge in [0.15, 0.2) is 0 Å². The van der Waals surface area contributed by atoms with Gasteiger partial charge in [0.2, 0.25) is 10.0 Å². The van der Waals surface area contributed by atoms with Crippen molar-refractivity contribution in [3.8, 4) is 0 Å². The minimum Gasteiger partial charge on any atom is -0.306 e. The molecule has 0 bridgehead atoms. The van der Waals surface area contributed by atoms with Gasteiger partial charge in [0.05, 0.1) is 23.3 Å². The molecule has 0 atom stereocenters. The zero-order chi connectivity index (χ0) is 23.1. The summed E-state index contributed by atoms with van der Waals surface area (Å²) in [5, 5.41) is 5.19. The first-order valence-electron chi connectivity index (χ1n) is 10.8. The van der Waals surface area contributed by atoms with Crippen LogP contribution in [0, 0.1) is 12.7 Å². The van der Waals surface area contributed by atoms with Crippen LogP contribution in [0.4, 0.5) is 20.6 Å². The molecular weight excluding hydrogens is 433 g/mol. The number of amides is 2. The normalized spacial score (nSPS) is 15.5. The molecule has 3 rings (SSSR count). The average molecular weight is 464 g/mol. The van der Waals surface area contributed by atoms with Crippen LogP contribution in [0.3, 0.4) is 0 Å². The Morgan fingerprint density at radius 1 is 1.12 bits per heavy atom. The van der Waals surface area contributed by atoms with Crippen molar-refractivity contribution in [3.63, 3.8) is 0 Å². The van der Waals surface area contributed by atoms with Crippen molar-refractivity contribution in [2.45, 2.75) is 26.7 Å². The molecule has 8 nitrogen and oxygen atoms in total. The molecule has 0 spiro atoms. The number of carbonyl (C=O) groups is 1. The quantitative estimate of drug-likeness (QED) is 0.628. The van der Waals surface area contributed by atoms with E-state index in [0.29, 0.717) is 43.9 Å². The monoisotopic (exact) mass is 463 g/mol. The van der Waals surface area contributed by atoms with E-state index in [1.165, 1.54) is 10.4 Å². The summed E-state index contributed by atoms with van der Waals surface area (Å²) in [6, 6.07) is 7.93. The molecule has 2 amide bonds. The number of aromatic nitrogens is 1. The first-order chi connectivity index (χ1) is 15.3. The molecule has 0 aliphatic carbocycles. The molecule has 1 fully saturated rings. The summed E-state index contributed by atoms with van der Waals surface area (Å²) in [4.78, 5) is 18.5. The van der Waals surface area contributed by atoms with Crippen molar-refractivity contribution in [1.29, 1.82) is 0 Å². The molecule has 1 aromatic heterocycles. The molecular formula is C22H30FN5O3S. The minimum atomic E-state index is -3.14. The Bertz CT molecular complexity index is 1020. The van der Waals surface area contributed by atoms with Gasteiger partial charge in [-0.2, -0.15) is 4.31 Å². The fraction of sp³-hybridized carbons (Fsp3) is 0.455. The van der Waals surface area contributed by atoms with Gasteiger partial charge in [0.25, 0.3) is 0 Å². The number of hydrogen-bond acceptors (Lipinski definition) is 5. The topological polar surface area (TPSA) is 94.6 Å². The molecule has 1 aliphatic rings. The fourth-order valence-corrected chi connectivity index (χ4v) is 4.69. The predicted molar refractivity (Wildman–Crippen MR) is 124 cm³/mol. The van der Waals surface area contributed by atoms with E-state index in [2.05, 4.69) is 20.5 Å². The van der Waals surface area contributed by atoms with Crippen molar-refractivity contribution in [3.05, 3.63) is 53.6 Å². The number of anilines is 2. The number of nitrogens with one attached hydrogen (secondary N) is 2. The molecule has 1 aliphatic heterocycles. The summed E-state index contributed by atoms with van der Waals surface area (Å²) in [5.41, 5.74) is 2.02. The molecule has 32 heavy (non-hydrogen) atoms. The number of pyridine rings is 1. The van der Waals surface area contributed by atoms with Gasteiger partial charge in [-0.15, -0.1) is 0 Å². The van der Waals surface area contributed by atoms with Crippen LogP contribution in [0.5, 0.6) is 0 Å². The molecule has 0 saturated carbocycles. The average Bonchev–Trinajstić information content (AvgIpc) is 2.78. The molecule has 0 unspecified atom stereocenters. The van der Waals surface area contributed by atoms with Crippen molar-refractivity contribution in [2.24, 2.45) is 0 Å². The summed E-state index contributed by atoms with van der Waals surface area (Å²) in [5.74, 6) is -0.320. The first-order valence-corrected chi connectivity index (χ1v) is 12.4. The van der Waals surface area contributed by atoms with E-state index in [0.717, 1.165) is 18.7 Å². The standard InChI is InChI=1S/C22H30FN5O3S/c1-3-32(30,31)28-14-12-27(13-15-28)11-5-7-18-6-4-8-20(21(18)23)26-22(29)25-19-10-9-17(2)24-16-19/h4,6,8-10,16H,3,5,7,11-15H2,1-2H3,(H2,25,26,29). The van der Waals surface area contributed by atoms with Crippen LogP contribution in [0.1, 0.15) is 24.6 Å². The van der Waals surface area contributed by atoms with E-state index >= 15 is 0 Å². The van der Waals surface area contributed by atoms with Crippen LogP contribution in [0.25, 0.3) is 0 Å². The second-order valence-corrected chi connectivity index (χ2v) is 10.0. The van der Waals surface area contributed by atoms with E-state index < -0.39 is 21.9 Å². The van der Waals surface area contributed by atoms with Crippen molar-refractivity contribution in [2.75, 3.05) is 49.1 Å². The number of hydrogen-bond donors (Lipinski definition) is 2. The first kappa shape index (κ1) is 24.1. The van der Waals surface area contributed by atoms with Crippen LogP contribution in [0.15, 0.2) is 36.5 Å². The Hall–Kier alpha value is -2.56. The highest BCUT2D eigenvalue weighted by atomic mass is 32.2. The summed E-state index contributed by atoms with van der Waals surface area (Å²) in [7, 11) is -3.14. The van der Waals surface area contributed by atoms with Crippen LogP contribution < -0.4 is 10.6 Å². The van der Waals surface area contributed by atoms with Crippen LogP contribution >= 0.6 is 0 Å². The van der Waals surface area contributed by atoms with Gasteiger partial charge in [0, 0.05) is 31.9 Å². The molecule has 2 aromatic rings. The lowest BCUT2D eigenvalue weighted by atomic mass is 10.1. The number of halogens is 1. The SMILES string of the molecule is CCS(=O)(=O)N1CCN(CCCc2cccc(NC(=O)Nc3ccc(C)nc3)c2F)CC1. The van der Waals surface area contributed by atoms with E-state index in [9.17, 15) is 17.6 Å². The Morgan fingerprint density at radius 2 is 1.88 bits per heavy atom. The number of carbonyl (C=O) groups excluding carboxylic acids is 1. The second-order valence-electron chi connectivity index (χ2n) is 7.79. The van der Waals surface area contributed by atoms with Gasteiger partial charge < -0.3 is 15.5 Å². The maximum Gasteiger partial charge on any atom is 0.323 e. The third-order valence-electron chi connectivity index (χ3n) is 5.51. The minimum absolute atomic E-state index is 0.122. The van der Waals surface area contributed by atoms with Gasteiger partial charge in [-0.3, -0.25) is 4.98 Å². The van der Waals surface area contributed by atoms with Crippen LogP contribution in [-0.2, 0) is 16.4 Å². The van der Waals surface area contributed by atoms with Gasteiger partial charge in [0.1, 0.15) is 5.82 Å². The van der Waals surface area contributed by atoms with E-state index in [1.807, 2.05) is 6.92 Å². The number of nitrogens with zero attached hydrogens (tertiary/aromatic N) is 3. The number of piperazine rings is 1. The molecule has 2 N–H and O–H groups in total. The summed E-state index contributed by atoms with van der Waals surface area (Å²) >= 11 is 0. The largest absolute Gasteiger partial charge is 0.323 e. The number of rotatable bonds is 8. The molecule has 0 radical (unpaired) electrons. The molecule has 174 valence electrons. The van der Waals surface area contributed by atoms with Gasteiger partial charge in [-0.05, 0) is 57.0 Å². The number of urea groups is 1. The Balaban J connectivity index is 1.48. The Morgan fingerprint density at radius 3 is 2.53 bits per heavy atom. The fourth-order valence-electron chi connectivity index (χ4n) is 3.60. The van der Waals surface area contributed by atoms with E-state index in [-0.39, 0.29) is 11.4 Å². The highest BCUT2D eigenvalue weighted by Crippen LogP contribution is 2.20. The smallest absolute Gasteiger partial charge is 0.306 e. The third-order valence-corrected chi connectivity index (χ3v) is 7.39. The predicted octanol–water partition coefficient (Wildman–Crippen LogP) is 3.07. The third kappa shape index (κ3) is 6.47. The van der Waals surface area contributed by atoms with Gasteiger partial charge >= 0.3 is 6.03 Å². The molecule has 1 saturated heterocycles. The summed E-state index contributed by atoms with van der Waals surface area (Å²) in [6.45, 7) is 6.61. The molecule has 2 heterocycles. The maximum atomic E-state index is 14.9. The summed E-state index contributed by atoms with van der Waals surface area (Å²) in [6.07, 6.45) is 2.81. The highest BCUT2D eigenvalue weighted by Gasteiger charge is 2.25. The lowest BCUT2D eigenvalue weighted by molar-refractivity contribution is 0.187. The van der Waals surface area contributed by atoms with Crippen molar-refractivity contribution >= 4 is 27.4 Å². The number of sulfonamides is 1. The zero-order valence-corrected chi connectivity index (χ0v) is 19.3. The Labute approximate surface area is 188 Å². The van der Waals surface area contributed by atoms with Crippen molar-refractivity contribution < 1.29 is 17.6 Å². The van der Waals surface area contributed by atoms with Crippen LogP contribution in [0.2, 0.25) is 0 Å². The van der Waals surface area contributed by atoms with Crippen molar-refractivity contribution in [1.82, 2.24) is 14.2 Å². The van der Waals surface area contributed by atoms with E-state index in [1.54, 1.807) is 37.4 Å². The lowest BCUT2D eigenvalue weighted by Crippen LogP contribution is -2.49. The number of benzene rings is 1. The van der Waals surface area contributed by atoms with Gasteiger partial charge in [-0.25, -0.2) is 17.6 Å². The lowest BCUT2D eigenvalue weighted by Gasteiger charge is -2.33. The second kappa shape index (κ2) is 10.8. The van der Waals surface area contributed by atoms with E-state index in [4.69, 9.17) is 0 Å². The maximum absolute atomic E-state index is 14.9.